The molecule has 0 spiro atoms. The predicted octanol–water partition coefficient (Wildman–Crippen LogP) is 1.45. The normalized spacial score (nSPS) is 16.3. The lowest BCUT2D eigenvalue weighted by Crippen LogP contribution is -2.36. The van der Waals surface area contributed by atoms with Crippen LogP contribution in [-0.4, -0.2) is 31.4 Å². The molecule has 0 aromatic heterocycles. The molecule has 0 atom stereocenters. The number of anilines is 2. The van der Waals surface area contributed by atoms with Crippen molar-refractivity contribution in [3.8, 4) is 0 Å². The summed E-state index contributed by atoms with van der Waals surface area (Å²) in [6, 6.07) is 5.73. The standard InChI is InChI=1S/C16H19N3O2/c1-10(13-8-17-9-13)16(21)18-14-3-4-15-12(7-14)5-6-19(15)11(2)20/h3-4,7,17H,5-6,8-9H2,1-2H3,(H,18,21). The average molecular weight is 285 g/mol. The molecule has 2 aliphatic heterocycles. The monoisotopic (exact) mass is 285 g/mol. The van der Waals surface area contributed by atoms with E-state index in [0.717, 1.165) is 54.1 Å². The molecule has 0 unspecified atom stereocenters. The third-order valence-electron chi connectivity index (χ3n) is 4.16. The van der Waals surface area contributed by atoms with Gasteiger partial charge in [0, 0.05) is 43.5 Å². The van der Waals surface area contributed by atoms with E-state index in [2.05, 4.69) is 10.6 Å². The molecule has 2 amide bonds. The molecular formula is C16H19N3O2. The quantitative estimate of drug-likeness (QED) is 0.809. The van der Waals surface area contributed by atoms with Crippen LogP contribution in [-0.2, 0) is 16.0 Å². The zero-order valence-corrected chi connectivity index (χ0v) is 12.3. The number of nitrogens with one attached hydrogen (secondary N) is 2. The van der Waals surface area contributed by atoms with Crippen molar-refractivity contribution in [3.05, 3.63) is 34.9 Å². The first kappa shape index (κ1) is 13.8. The van der Waals surface area contributed by atoms with Gasteiger partial charge in [0.05, 0.1) is 0 Å². The number of fused-ring (bicyclic) bond motifs is 1. The summed E-state index contributed by atoms with van der Waals surface area (Å²) in [5.74, 6) is 0.0106. The average Bonchev–Trinajstić information content (AvgIpc) is 2.79. The first-order valence-electron chi connectivity index (χ1n) is 7.18. The van der Waals surface area contributed by atoms with Crippen LogP contribution in [0.4, 0.5) is 11.4 Å². The van der Waals surface area contributed by atoms with Gasteiger partial charge in [0.25, 0.3) is 5.91 Å². The Kier molecular flexibility index (Phi) is 3.51. The highest BCUT2D eigenvalue weighted by Crippen LogP contribution is 2.30. The Balaban J connectivity index is 1.76. The van der Waals surface area contributed by atoms with Crippen molar-refractivity contribution in [1.29, 1.82) is 0 Å². The molecule has 5 heteroatoms. The van der Waals surface area contributed by atoms with E-state index in [-0.39, 0.29) is 11.8 Å². The van der Waals surface area contributed by atoms with Crippen LogP contribution < -0.4 is 15.5 Å². The van der Waals surface area contributed by atoms with Crippen LogP contribution in [0.3, 0.4) is 0 Å². The molecule has 0 saturated carbocycles. The minimum absolute atomic E-state index is 0.0483. The number of hydrogen-bond donors (Lipinski definition) is 2. The van der Waals surface area contributed by atoms with Gasteiger partial charge in [-0.15, -0.1) is 0 Å². The van der Waals surface area contributed by atoms with Crippen LogP contribution in [0, 0.1) is 0 Å². The van der Waals surface area contributed by atoms with Crippen molar-refractivity contribution < 1.29 is 9.59 Å². The van der Waals surface area contributed by atoms with Gasteiger partial charge in [-0.05, 0) is 42.7 Å². The third-order valence-corrected chi connectivity index (χ3v) is 4.16. The highest BCUT2D eigenvalue weighted by atomic mass is 16.2. The topological polar surface area (TPSA) is 61.4 Å². The van der Waals surface area contributed by atoms with Gasteiger partial charge < -0.3 is 15.5 Å². The van der Waals surface area contributed by atoms with E-state index in [1.54, 1.807) is 11.8 Å². The van der Waals surface area contributed by atoms with Gasteiger partial charge in [-0.1, -0.05) is 0 Å². The molecule has 3 rings (SSSR count). The summed E-state index contributed by atoms with van der Waals surface area (Å²) in [7, 11) is 0. The number of carbonyl (C=O) groups excluding carboxylic acids is 2. The maximum atomic E-state index is 12.2. The Bertz CT molecular complexity index is 643. The maximum absolute atomic E-state index is 12.2. The summed E-state index contributed by atoms with van der Waals surface area (Å²) in [4.78, 5) is 25.4. The first-order valence-corrected chi connectivity index (χ1v) is 7.18. The SMILES string of the molecule is CC(=O)N1CCc2cc(NC(=O)C(C)=C3CNC3)ccc21. The Morgan fingerprint density at radius 1 is 1.24 bits per heavy atom. The van der Waals surface area contributed by atoms with E-state index in [1.165, 1.54) is 0 Å². The second-order valence-electron chi connectivity index (χ2n) is 5.55. The molecule has 2 heterocycles. The van der Waals surface area contributed by atoms with Gasteiger partial charge in [-0.25, -0.2) is 0 Å². The summed E-state index contributed by atoms with van der Waals surface area (Å²) in [6.45, 7) is 5.76. The van der Waals surface area contributed by atoms with Crippen LogP contribution in [0.2, 0.25) is 0 Å². The summed E-state index contributed by atoms with van der Waals surface area (Å²) in [6.07, 6.45) is 0.836. The Morgan fingerprint density at radius 3 is 2.62 bits per heavy atom. The molecule has 0 bridgehead atoms. The number of nitrogens with zero attached hydrogens (tertiary/aromatic N) is 1. The van der Waals surface area contributed by atoms with E-state index < -0.39 is 0 Å². The second-order valence-corrected chi connectivity index (χ2v) is 5.55. The van der Waals surface area contributed by atoms with Gasteiger partial charge in [-0.2, -0.15) is 0 Å². The fourth-order valence-electron chi connectivity index (χ4n) is 2.71. The zero-order chi connectivity index (χ0) is 15.0. The molecule has 0 radical (unpaired) electrons. The summed E-state index contributed by atoms with van der Waals surface area (Å²) in [5, 5.41) is 6.07. The van der Waals surface area contributed by atoms with E-state index in [0.29, 0.717) is 0 Å². The minimum atomic E-state index is -0.0483. The molecule has 2 aliphatic rings. The number of rotatable bonds is 2. The highest BCUT2D eigenvalue weighted by Gasteiger charge is 2.22. The van der Waals surface area contributed by atoms with Crippen molar-refractivity contribution in [1.82, 2.24) is 5.32 Å². The zero-order valence-electron chi connectivity index (χ0n) is 12.3. The van der Waals surface area contributed by atoms with E-state index >= 15 is 0 Å². The van der Waals surface area contributed by atoms with Crippen molar-refractivity contribution in [2.45, 2.75) is 20.3 Å². The summed E-state index contributed by atoms with van der Waals surface area (Å²) in [5.41, 5.74) is 4.81. The number of benzene rings is 1. The molecule has 0 aliphatic carbocycles. The Morgan fingerprint density at radius 2 is 2.00 bits per heavy atom. The Labute approximate surface area is 124 Å². The van der Waals surface area contributed by atoms with Crippen LogP contribution >= 0.6 is 0 Å². The van der Waals surface area contributed by atoms with Gasteiger partial charge in [0.1, 0.15) is 0 Å². The van der Waals surface area contributed by atoms with E-state index in [9.17, 15) is 9.59 Å². The molecule has 1 saturated heterocycles. The predicted molar refractivity (Wildman–Crippen MR) is 82.4 cm³/mol. The fourth-order valence-corrected chi connectivity index (χ4v) is 2.71. The molecule has 110 valence electrons. The van der Waals surface area contributed by atoms with Crippen LogP contribution in [0.1, 0.15) is 19.4 Å². The van der Waals surface area contributed by atoms with E-state index in [1.807, 2.05) is 25.1 Å². The van der Waals surface area contributed by atoms with Crippen molar-refractivity contribution >= 4 is 23.2 Å². The molecule has 1 aromatic rings. The lowest BCUT2D eigenvalue weighted by atomic mass is 10.0. The Hall–Kier alpha value is -2.14. The second kappa shape index (κ2) is 5.33. The van der Waals surface area contributed by atoms with Crippen molar-refractivity contribution in [2.75, 3.05) is 29.9 Å². The molecule has 21 heavy (non-hydrogen) atoms. The van der Waals surface area contributed by atoms with Crippen molar-refractivity contribution in [3.63, 3.8) is 0 Å². The van der Waals surface area contributed by atoms with Crippen molar-refractivity contribution in [2.24, 2.45) is 0 Å². The molecule has 1 fully saturated rings. The first-order chi connectivity index (χ1) is 10.1. The summed E-state index contributed by atoms with van der Waals surface area (Å²) < 4.78 is 0. The van der Waals surface area contributed by atoms with Gasteiger partial charge >= 0.3 is 0 Å². The van der Waals surface area contributed by atoms with Gasteiger partial charge in [0.15, 0.2) is 0 Å². The lowest BCUT2D eigenvalue weighted by molar-refractivity contribution is -0.116. The molecule has 5 nitrogen and oxygen atoms in total. The minimum Gasteiger partial charge on any atom is -0.322 e. The smallest absolute Gasteiger partial charge is 0.251 e. The number of amides is 2. The summed E-state index contributed by atoms with van der Waals surface area (Å²) >= 11 is 0. The maximum Gasteiger partial charge on any atom is 0.251 e. The van der Waals surface area contributed by atoms with Gasteiger partial charge in [0.2, 0.25) is 5.91 Å². The van der Waals surface area contributed by atoms with Crippen LogP contribution in [0.25, 0.3) is 0 Å². The largest absolute Gasteiger partial charge is 0.322 e. The van der Waals surface area contributed by atoms with Gasteiger partial charge in [-0.3, -0.25) is 9.59 Å². The lowest BCUT2D eigenvalue weighted by Gasteiger charge is -2.21. The third kappa shape index (κ3) is 2.56. The molecule has 1 aromatic carbocycles. The highest BCUT2D eigenvalue weighted by molar-refractivity contribution is 6.04. The number of carbonyl (C=O) groups is 2. The van der Waals surface area contributed by atoms with Crippen LogP contribution in [0.5, 0.6) is 0 Å². The molecule has 2 N–H and O–H groups in total. The van der Waals surface area contributed by atoms with E-state index in [4.69, 9.17) is 0 Å². The number of hydrogen-bond acceptors (Lipinski definition) is 3. The molecular weight excluding hydrogens is 266 g/mol. The fraction of sp³-hybridized carbons (Fsp3) is 0.375. The van der Waals surface area contributed by atoms with Crippen LogP contribution in [0.15, 0.2) is 29.3 Å².